The molecule has 0 saturated heterocycles. The third-order valence-corrected chi connectivity index (χ3v) is 5.81. The molecular formula is C21H26N2O2. The van der Waals surface area contributed by atoms with Crippen molar-refractivity contribution in [1.29, 1.82) is 0 Å². The highest BCUT2D eigenvalue weighted by atomic mass is 16.5. The van der Waals surface area contributed by atoms with Gasteiger partial charge in [-0.15, -0.1) is 0 Å². The minimum absolute atomic E-state index is 0.0229. The number of hydrogen-bond donors (Lipinski definition) is 2. The van der Waals surface area contributed by atoms with Crippen LogP contribution < -0.4 is 15.8 Å². The Morgan fingerprint density at radius 3 is 2.60 bits per heavy atom. The summed E-state index contributed by atoms with van der Waals surface area (Å²) in [7, 11) is 0. The van der Waals surface area contributed by atoms with E-state index in [4.69, 9.17) is 10.5 Å². The summed E-state index contributed by atoms with van der Waals surface area (Å²) in [6, 6.07) is 14.6. The topological polar surface area (TPSA) is 64.3 Å². The van der Waals surface area contributed by atoms with Crippen molar-refractivity contribution >= 4 is 16.7 Å². The third kappa shape index (κ3) is 3.49. The van der Waals surface area contributed by atoms with Gasteiger partial charge in [0.05, 0.1) is 0 Å². The number of ether oxygens (including phenoxy) is 1. The van der Waals surface area contributed by atoms with Crippen LogP contribution >= 0.6 is 0 Å². The molecule has 0 radical (unpaired) electrons. The van der Waals surface area contributed by atoms with Gasteiger partial charge in [-0.25, -0.2) is 0 Å². The number of carbonyl (C=O) groups excluding carboxylic acids is 1. The molecule has 2 atom stereocenters. The molecule has 4 heteroatoms. The van der Waals surface area contributed by atoms with E-state index in [-0.39, 0.29) is 18.6 Å². The van der Waals surface area contributed by atoms with E-state index in [0.29, 0.717) is 17.9 Å². The fourth-order valence-electron chi connectivity index (χ4n) is 4.72. The largest absolute Gasteiger partial charge is 0.483 e. The van der Waals surface area contributed by atoms with Crippen LogP contribution in [0.1, 0.15) is 32.1 Å². The van der Waals surface area contributed by atoms with Gasteiger partial charge in [-0.05, 0) is 49.0 Å². The highest BCUT2D eigenvalue weighted by Gasteiger charge is 2.39. The van der Waals surface area contributed by atoms with Gasteiger partial charge in [0, 0.05) is 17.5 Å². The Bertz CT molecular complexity index is 741. The molecule has 25 heavy (non-hydrogen) atoms. The summed E-state index contributed by atoms with van der Waals surface area (Å²) in [6.07, 6.45) is 5.69. The molecule has 2 aromatic rings. The molecule has 2 unspecified atom stereocenters. The van der Waals surface area contributed by atoms with Crippen LogP contribution in [0.25, 0.3) is 10.8 Å². The lowest BCUT2D eigenvalue weighted by molar-refractivity contribution is -0.125. The number of rotatable bonds is 4. The first kappa shape index (κ1) is 16.4. The third-order valence-electron chi connectivity index (χ3n) is 5.81. The van der Waals surface area contributed by atoms with Crippen LogP contribution in [0, 0.1) is 11.8 Å². The zero-order valence-electron chi connectivity index (χ0n) is 14.5. The molecule has 0 aliphatic heterocycles. The van der Waals surface area contributed by atoms with Gasteiger partial charge < -0.3 is 15.8 Å². The lowest BCUT2D eigenvalue weighted by Crippen LogP contribution is -2.54. The van der Waals surface area contributed by atoms with Crippen LogP contribution in [0.2, 0.25) is 0 Å². The minimum Gasteiger partial charge on any atom is -0.483 e. The summed E-state index contributed by atoms with van der Waals surface area (Å²) in [5.41, 5.74) is 6.17. The quantitative estimate of drug-likeness (QED) is 0.899. The van der Waals surface area contributed by atoms with E-state index in [2.05, 4.69) is 17.4 Å². The van der Waals surface area contributed by atoms with Gasteiger partial charge in [0.1, 0.15) is 5.75 Å². The van der Waals surface area contributed by atoms with Crippen molar-refractivity contribution < 1.29 is 9.53 Å². The molecule has 0 heterocycles. The van der Waals surface area contributed by atoms with E-state index in [0.717, 1.165) is 29.4 Å². The number of fused-ring (bicyclic) bond motifs is 3. The maximum atomic E-state index is 12.5. The summed E-state index contributed by atoms with van der Waals surface area (Å²) >= 11 is 0. The monoisotopic (exact) mass is 338 g/mol. The number of hydrogen-bond acceptors (Lipinski definition) is 3. The van der Waals surface area contributed by atoms with Crippen LogP contribution in [-0.4, -0.2) is 24.6 Å². The molecule has 3 N–H and O–H groups in total. The average Bonchev–Trinajstić information content (AvgIpc) is 2.61. The van der Waals surface area contributed by atoms with E-state index in [9.17, 15) is 4.79 Å². The summed E-state index contributed by atoms with van der Waals surface area (Å²) in [5.74, 6) is 1.80. The summed E-state index contributed by atoms with van der Waals surface area (Å²) in [4.78, 5) is 12.5. The molecule has 1 amide bonds. The standard InChI is InChI=1S/C21H26N2O2/c22-17-11-15-7-3-8-16(12-17)21(15)23-20(24)13-25-19-10-4-6-14-5-1-2-9-18(14)19/h1-2,4-6,9-10,15-17,21H,3,7-8,11-13,22H2,(H,23,24). The van der Waals surface area contributed by atoms with Gasteiger partial charge in [0.15, 0.2) is 6.61 Å². The van der Waals surface area contributed by atoms with E-state index in [1.54, 1.807) is 0 Å². The molecule has 2 bridgehead atoms. The lowest BCUT2D eigenvalue weighted by Gasteiger charge is -2.45. The fraction of sp³-hybridized carbons (Fsp3) is 0.476. The zero-order chi connectivity index (χ0) is 17.2. The second-order valence-electron chi connectivity index (χ2n) is 7.54. The molecule has 4 rings (SSSR count). The maximum Gasteiger partial charge on any atom is 0.258 e. The van der Waals surface area contributed by atoms with Crippen molar-refractivity contribution in [2.24, 2.45) is 17.6 Å². The molecule has 2 aromatic carbocycles. The van der Waals surface area contributed by atoms with Crippen molar-refractivity contribution in [1.82, 2.24) is 5.32 Å². The first-order valence-electron chi connectivity index (χ1n) is 9.36. The Morgan fingerprint density at radius 1 is 1.08 bits per heavy atom. The van der Waals surface area contributed by atoms with Crippen molar-refractivity contribution in [3.05, 3.63) is 42.5 Å². The molecular weight excluding hydrogens is 312 g/mol. The van der Waals surface area contributed by atoms with Crippen LogP contribution in [-0.2, 0) is 4.79 Å². The summed E-state index contributed by atoms with van der Waals surface area (Å²) in [5, 5.41) is 5.40. The average molecular weight is 338 g/mol. The van der Waals surface area contributed by atoms with Gasteiger partial charge in [-0.3, -0.25) is 4.79 Å². The molecule has 2 fully saturated rings. The highest BCUT2D eigenvalue weighted by molar-refractivity contribution is 5.88. The van der Waals surface area contributed by atoms with Crippen LogP contribution in [0.3, 0.4) is 0 Å². The van der Waals surface area contributed by atoms with Gasteiger partial charge in [-0.2, -0.15) is 0 Å². The highest BCUT2D eigenvalue weighted by Crippen LogP contribution is 2.39. The molecule has 0 spiro atoms. The second kappa shape index (κ2) is 7.04. The van der Waals surface area contributed by atoms with E-state index >= 15 is 0 Å². The number of carbonyl (C=O) groups is 1. The van der Waals surface area contributed by atoms with E-state index in [1.165, 1.54) is 19.3 Å². The Morgan fingerprint density at radius 2 is 1.80 bits per heavy atom. The first-order chi connectivity index (χ1) is 12.2. The van der Waals surface area contributed by atoms with Crippen molar-refractivity contribution in [2.45, 2.75) is 44.2 Å². The first-order valence-corrected chi connectivity index (χ1v) is 9.36. The minimum atomic E-state index is -0.0229. The number of nitrogens with two attached hydrogens (primary N) is 1. The number of nitrogens with one attached hydrogen (secondary N) is 1. The smallest absolute Gasteiger partial charge is 0.258 e. The SMILES string of the molecule is NC1CC2CCCC(C1)C2NC(=O)COc1cccc2ccccc12. The molecule has 132 valence electrons. The molecule has 0 aromatic heterocycles. The summed E-state index contributed by atoms with van der Waals surface area (Å²) < 4.78 is 5.83. The molecule has 4 nitrogen and oxygen atoms in total. The van der Waals surface area contributed by atoms with E-state index in [1.807, 2.05) is 30.3 Å². The Kier molecular flexibility index (Phi) is 4.62. The lowest BCUT2D eigenvalue weighted by atomic mass is 9.67. The van der Waals surface area contributed by atoms with Crippen molar-refractivity contribution in [3.63, 3.8) is 0 Å². The number of amides is 1. The molecule has 2 saturated carbocycles. The van der Waals surface area contributed by atoms with Crippen molar-refractivity contribution in [3.8, 4) is 5.75 Å². The summed E-state index contributed by atoms with van der Waals surface area (Å²) in [6.45, 7) is 0.0655. The Balaban J connectivity index is 1.39. The Labute approximate surface area is 148 Å². The van der Waals surface area contributed by atoms with Crippen LogP contribution in [0.15, 0.2) is 42.5 Å². The van der Waals surface area contributed by atoms with Crippen molar-refractivity contribution in [2.75, 3.05) is 6.61 Å². The molecule has 2 aliphatic carbocycles. The normalized spacial score (nSPS) is 28.5. The van der Waals surface area contributed by atoms with Gasteiger partial charge in [0.2, 0.25) is 0 Å². The van der Waals surface area contributed by atoms with Gasteiger partial charge >= 0.3 is 0 Å². The van der Waals surface area contributed by atoms with Gasteiger partial charge in [0.25, 0.3) is 5.91 Å². The van der Waals surface area contributed by atoms with Gasteiger partial charge in [-0.1, -0.05) is 42.8 Å². The number of benzene rings is 2. The van der Waals surface area contributed by atoms with Crippen LogP contribution in [0.5, 0.6) is 5.75 Å². The fourth-order valence-corrected chi connectivity index (χ4v) is 4.72. The van der Waals surface area contributed by atoms with Crippen LogP contribution in [0.4, 0.5) is 0 Å². The maximum absolute atomic E-state index is 12.5. The predicted molar refractivity (Wildman–Crippen MR) is 99.4 cm³/mol. The predicted octanol–water partition coefficient (Wildman–Crippen LogP) is 3.24. The van der Waals surface area contributed by atoms with E-state index < -0.39 is 0 Å². The second-order valence-corrected chi connectivity index (χ2v) is 7.54. The zero-order valence-corrected chi connectivity index (χ0v) is 14.5. The molecule has 2 aliphatic rings. The Hall–Kier alpha value is -2.07.